The van der Waals surface area contributed by atoms with Crippen molar-refractivity contribution in [3.05, 3.63) is 36.2 Å². The lowest BCUT2D eigenvalue weighted by Crippen LogP contribution is -2.10. The summed E-state index contributed by atoms with van der Waals surface area (Å²) in [6.07, 6.45) is 2.46. The zero-order valence-electron chi connectivity index (χ0n) is 9.10. The number of hydrogen-bond acceptors (Lipinski definition) is 4. The molecule has 2 N–H and O–H groups in total. The second-order valence-electron chi connectivity index (χ2n) is 3.57. The second-order valence-corrected chi connectivity index (χ2v) is 3.57. The molecule has 2 aromatic rings. The summed E-state index contributed by atoms with van der Waals surface area (Å²) < 4.78 is 5.19. The highest BCUT2D eigenvalue weighted by Gasteiger charge is 2.09. The van der Waals surface area contributed by atoms with Gasteiger partial charge in [-0.3, -0.25) is 0 Å². The average Bonchev–Trinajstić information content (AvgIpc) is 2.74. The summed E-state index contributed by atoms with van der Waals surface area (Å²) in [6.45, 7) is 0.834. The van der Waals surface area contributed by atoms with E-state index in [-0.39, 0.29) is 5.75 Å². The summed E-state index contributed by atoms with van der Waals surface area (Å²) in [4.78, 5) is 0. The highest BCUT2D eigenvalue weighted by atomic mass is 16.5. The van der Waals surface area contributed by atoms with Gasteiger partial charge in [0.25, 0.3) is 0 Å². The molecular formula is C12H14N2O2. The molecule has 0 spiro atoms. The summed E-state index contributed by atoms with van der Waals surface area (Å²) in [5, 5.41) is 16.3. The molecule has 0 aliphatic rings. The lowest BCUT2D eigenvalue weighted by Gasteiger charge is -2.01. The van der Waals surface area contributed by atoms with Gasteiger partial charge in [0, 0.05) is 18.5 Å². The Balaban J connectivity index is 2.29. The topological polar surface area (TPSA) is 58.3 Å². The van der Waals surface area contributed by atoms with Crippen molar-refractivity contribution in [1.29, 1.82) is 0 Å². The Labute approximate surface area is 93.9 Å². The minimum Gasteiger partial charge on any atom is -0.508 e. The highest BCUT2D eigenvalue weighted by Crippen LogP contribution is 2.26. The molecule has 84 valence electrons. The third-order valence-corrected chi connectivity index (χ3v) is 2.40. The quantitative estimate of drug-likeness (QED) is 0.821. The van der Waals surface area contributed by atoms with E-state index in [1.54, 1.807) is 24.4 Å². The molecule has 0 fully saturated rings. The summed E-state index contributed by atoms with van der Waals surface area (Å²) in [6, 6.07) is 7.08. The maximum atomic E-state index is 9.42. The molecule has 0 atom stereocenters. The van der Waals surface area contributed by atoms with Crippen molar-refractivity contribution < 1.29 is 9.63 Å². The Morgan fingerprint density at radius 2 is 2.31 bits per heavy atom. The van der Waals surface area contributed by atoms with Crippen LogP contribution < -0.4 is 5.32 Å². The fraction of sp³-hybridized carbons (Fsp3) is 0.250. The van der Waals surface area contributed by atoms with Crippen LogP contribution in [-0.4, -0.2) is 23.9 Å². The number of hydrogen-bond donors (Lipinski definition) is 2. The van der Waals surface area contributed by atoms with E-state index < -0.39 is 0 Å². The van der Waals surface area contributed by atoms with Gasteiger partial charge in [0.05, 0.1) is 6.20 Å². The number of phenols is 1. The second kappa shape index (κ2) is 4.81. The van der Waals surface area contributed by atoms with Crippen molar-refractivity contribution in [2.45, 2.75) is 6.42 Å². The molecule has 1 aromatic carbocycles. The zero-order valence-corrected chi connectivity index (χ0v) is 9.10. The predicted molar refractivity (Wildman–Crippen MR) is 61.2 cm³/mol. The van der Waals surface area contributed by atoms with Crippen molar-refractivity contribution in [3.8, 4) is 16.9 Å². The van der Waals surface area contributed by atoms with Crippen LogP contribution in [0.2, 0.25) is 0 Å². The molecule has 1 aromatic heterocycles. The number of nitrogens with one attached hydrogen (secondary N) is 1. The number of phenolic OH excluding ortho intramolecular Hbond substituents is 1. The number of rotatable bonds is 4. The Bertz CT molecular complexity index is 466. The molecule has 4 nitrogen and oxygen atoms in total. The van der Waals surface area contributed by atoms with Gasteiger partial charge in [0.15, 0.2) is 0 Å². The highest BCUT2D eigenvalue weighted by molar-refractivity contribution is 5.65. The van der Waals surface area contributed by atoms with E-state index in [1.807, 2.05) is 13.1 Å². The van der Waals surface area contributed by atoms with Crippen molar-refractivity contribution in [2.24, 2.45) is 0 Å². The third-order valence-electron chi connectivity index (χ3n) is 2.40. The van der Waals surface area contributed by atoms with Gasteiger partial charge in [-0.05, 0) is 24.7 Å². The van der Waals surface area contributed by atoms with Crippen molar-refractivity contribution in [3.63, 3.8) is 0 Å². The van der Waals surface area contributed by atoms with E-state index in [2.05, 4.69) is 10.5 Å². The Hall–Kier alpha value is -1.81. The minimum absolute atomic E-state index is 0.248. The van der Waals surface area contributed by atoms with Crippen LogP contribution in [0, 0.1) is 0 Å². The molecule has 0 saturated carbocycles. The van der Waals surface area contributed by atoms with Crippen LogP contribution >= 0.6 is 0 Å². The normalized spacial score (nSPS) is 10.6. The van der Waals surface area contributed by atoms with Gasteiger partial charge in [-0.15, -0.1) is 0 Å². The zero-order chi connectivity index (χ0) is 11.4. The number of aromatic hydroxyl groups is 1. The smallest absolute Gasteiger partial charge is 0.145 e. The van der Waals surface area contributed by atoms with Gasteiger partial charge in [-0.1, -0.05) is 17.3 Å². The molecular weight excluding hydrogens is 204 g/mol. The standard InChI is InChI=1S/C12H14N2O2/c1-13-6-5-12-11(8-14-16-12)9-3-2-4-10(15)7-9/h2-4,7-8,13,15H,5-6H2,1H3. The average molecular weight is 218 g/mol. The molecule has 4 heteroatoms. The van der Waals surface area contributed by atoms with E-state index >= 15 is 0 Å². The summed E-state index contributed by atoms with van der Waals surface area (Å²) in [5.41, 5.74) is 1.86. The van der Waals surface area contributed by atoms with Gasteiger partial charge in [0.2, 0.25) is 0 Å². The van der Waals surface area contributed by atoms with Gasteiger partial charge in [-0.2, -0.15) is 0 Å². The number of aromatic nitrogens is 1. The fourth-order valence-corrected chi connectivity index (χ4v) is 1.59. The van der Waals surface area contributed by atoms with Crippen LogP contribution in [0.15, 0.2) is 35.0 Å². The Kier molecular flexibility index (Phi) is 3.22. The maximum absolute atomic E-state index is 9.42. The number of likely N-dealkylation sites (N-methyl/N-ethyl adjacent to an activating group) is 1. The molecule has 0 saturated heterocycles. The molecule has 0 aliphatic heterocycles. The predicted octanol–water partition coefficient (Wildman–Crippen LogP) is 1.81. The van der Waals surface area contributed by atoms with E-state index in [1.165, 1.54) is 0 Å². The SMILES string of the molecule is CNCCc1oncc1-c1cccc(O)c1. The summed E-state index contributed by atoms with van der Waals surface area (Å²) in [7, 11) is 1.89. The number of nitrogens with zero attached hydrogens (tertiary/aromatic N) is 1. The van der Waals surface area contributed by atoms with E-state index in [0.717, 1.165) is 29.9 Å². The van der Waals surface area contributed by atoms with Gasteiger partial charge < -0.3 is 14.9 Å². The largest absolute Gasteiger partial charge is 0.508 e. The van der Waals surface area contributed by atoms with Crippen LogP contribution in [0.4, 0.5) is 0 Å². The lowest BCUT2D eigenvalue weighted by molar-refractivity contribution is 0.382. The van der Waals surface area contributed by atoms with Gasteiger partial charge in [0.1, 0.15) is 11.5 Å². The van der Waals surface area contributed by atoms with E-state index in [4.69, 9.17) is 4.52 Å². The van der Waals surface area contributed by atoms with Crippen molar-refractivity contribution in [1.82, 2.24) is 10.5 Å². The van der Waals surface area contributed by atoms with Crippen LogP contribution in [0.3, 0.4) is 0 Å². The maximum Gasteiger partial charge on any atom is 0.145 e. The molecule has 0 amide bonds. The Morgan fingerprint density at radius 1 is 1.44 bits per heavy atom. The molecule has 0 unspecified atom stereocenters. The Morgan fingerprint density at radius 3 is 3.06 bits per heavy atom. The first-order chi connectivity index (χ1) is 7.81. The van der Waals surface area contributed by atoms with Gasteiger partial charge in [-0.25, -0.2) is 0 Å². The van der Waals surface area contributed by atoms with Crippen LogP contribution in [0.1, 0.15) is 5.76 Å². The van der Waals surface area contributed by atoms with Crippen LogP contribution in [0.25, 0.3) is 11.1 Å². The fourth-order valence-electron chi connectivity index (χ4n) is 1.59. The monoisotopic (exact) mass is 218 g/mol. The molecule has 0 aliphatic carbocycles. The summed E-state index contributed by atoms with van der Waals surface area (Å²) >= 11 is 0. The molecule has 16 heavy (non-hydrogen) atoms. The van der Waals surface area contributed by atoms with Crippen molar-refractivity contribution in [2.75, 3.05) is 13.6 Å². The van der Waals surface area contributed by atoms with Crippen LogP contribution in [-0.2, 0) is 6.42 Å². The summed E-state index contributed by atoms with van der Waals surface area (Å²) in [5.74, 6) is 1.08. The lowest BCUT2D eigenvalue weighted by atomic mass is 10.1. The van der Waals surface area contributed by atoms with E-state index in [9.17, 15) is 5.11 Å². The van der Waals surface area contributed by atoms with Gasteiger partial charge >= 0.3 is 0 Å². The molecule has 0 bridgehead atoms. The number of benzene rings is 1. The minimum atomic E-state index is 0.248. The first-order valence-corrected chi connectivity index (χ1v) is 5.19. The van der Waals surface area contributed by atoms with E-state index in [0.29, 0.717) is 0 Å². The molecule has 0 radical (unpaired) electrons. The molecule has 2 rings (SSSR count). The van der Waals surface area contributed by atoms with Crippen LogP contribution in [0.5, 0.6) is 5.75 Å². The molecule has 1 heterocycles. The van der Waals surface area contributed by atoms with Crippen molar-refractivity contribution >= 4 is 0 Å². The first-order valence-electron chi connectivity index (χ1n) is 5.19. The third kappa shape index (κ3) is 2.23. The first kappa shape index (κ1) is 10.7.